The molecule has 1 aliphatic rings. The van der Waals surface area contributed by atoms with Gasteiger partial charge in [0.05, 0.1) is 0 Å². The summed E-state index contributed by atoms with van der Waals surface area (Å²) < 4.78 is 0. The molecule has 2 unspecified atom stereocenters. The first-order valence-electron chi connectivity index (χ1n) is 6.03. The fourth-order valence-corrected chi connectivity index (χ4v) is 2.53. The van der Waals surface area contributed by atoms with Crippen LogP contribution in [0.4, 0.5) is 5.69 Å². The topological polar surface area (TPSA) is 72.4 Å². The monoisotopic (exact) mass is 233 g/mol. The number of para-hydroxylation sites is 1. The van der Waals surface area contributed by atoms with E-state index in [0.717, 1.165) is 12.1 Å². The molecule has 1 aromatic carbocycles. The molecule has 1 amide bonds. The molecule has 0 aromatic heterocycles. The Labute approximate surface area is 102 Å². The molecule has 0 bridgehead atoms. The third kappa shape index (κ3) is 2.26. The Morgan fingerprint density at radius 2 is 2.24 bits per heavy atom. The van der Waals surface area contributed by atoms with E-state index in [1.54, 1.807) is 0 Å². The van der Waals surface area contributed by atoms with Crippen LogP contribution in [0.3, 0.4) is 0 Å². The number of nitrogens with two attached hydrogens (primary N) is 2. The molecule has 1 heterocycles. The fraction of sp³-hybridized carbons (Fsp3) is 0.462. The lowest BCUT2D eigenvalue weighted by molar-refractivity contribution is -0.119. The molecule has 4 heteroatoms. The van der Waals surface area contributed by atoms with E-state index in [2.05, 4.69) is 6.07 Å². The molecule has 0 saturated carbocycles. The fourth-order valence-electron chi connectivity index (χ4n) is 2.53. The highest BCUT2D eigenvalue weighted by Gasteiger charge is 2.29. The number of anilines is 1. The minimum absolute atomic E-state index is 0.0679. The molecule has 0 radical (unpaired) electrons. The number of hydrogen-bond donors (Lipinski definition) is 2. The summed E-state index contributed by atoms with van der Waals surface area (Å²) in [5.74, 6) is -0.281. The Hall–Kier alpha value is -1.55. The van der Waals surface area contributed by atoms with E-state index in [1.807, 2.05) is 30.0 Å². The van der Waals surface area contributed by atoms with Crippen molar-refractivity contribution >= 4 is 11.6 Å². The summed E-state index contributed by atoms with van der Waals surface area (Å²) in [6, 6.07) is 7.89. The highest BCUT2D eigenvalue weighted by Crippen LogP contribution is 2.28. The predicted octanol–water partition coefficient (Wildman–Crippen LogP) is 0.640. The SMILES string of the molecule is CCC(C(N)=O)N1CC(N)Cc2ccccc21. The first-order valence-corrected chi connectivity index (χ1v) is 6.03. The minimum Gasteiger partial charge on any atom is -0.368 e. The van der Waals surface area contributed by atoms with Crippen LogP contribution in [0.1, 0.15) is 18.9 Å². The number of amides is 1. The van der Waals surface area contributed by atoms with Crippen LogP contribution in [0, 0.1) is 0 Å². The average molecular weight is 233 g/mol. The molecule has 0 saturated heterocycles. The van der Waals surface area contributed by atoms with Gasteiger partial charge < -0.3 is 16.4 Å². The zero-order valence-electron chi connectivity index (χ0n) is 10.1. The second-order valence-corrected chi connectivity index (χ2v) is 4.57. The van der Waals surface area contributed by atoms with Gasteiger partial charge in [0.15, 0.2) is 0 Å². The molecular weight excluding hydrogens is 214 g/mol. The zero-order chi connectivity index (χ0) is 12.4. The van der Waals surface area contributed by atoms with Crippen LogP contribution in [0.2, 0.25) is 0 Å². The largest absolute Gasteiger partial charge is 0.368 e. The van der Waals surface area contributed by atoms with Crippen LogP contribution in [0.5, 0.6) is 0 Å². The smallest absolute Gasteiger partial charge is 0.240 e. The Kier molecular flexibility index (Phi) is 3.33. The lowest BCUT2D eigenvalue weighted by Gasteiger charge is -2.38. The molecule has 0 aliphatic carbocycles. The summed E-state index contributed by atoms with van der Waals surface area (Å²) in [4.78, 5) is 13.5. The van der Waals surface area contributed by atoms with Crippen LogP contribution in [0.25, 0.3) is 0 Å². The predicted molar refractivity (Wildman–Crippen MR) is 68.7 cm³/mol. The van der Waals surface area contributed by atoms with Crippen LogP contribution in [0.15, 0.2) is 24.3 Å². The summed E-state index contributed by atoms with van der Waals surface area (Å²) >= 11 is 0. The van der Waals surface area contributed by atoms with Gasteiger partial charge in [0.1, 0.15) is 6.04 Å². The molecule has 2 atom stereocenters. The highest BCUT2D eigenvalue weighted by atomic mass is 16.1. The summed E-state index contributed by atoms with van der Waals surface area (Å²) in [6.45, 7) is 2.66. The maximum Gasteiger partial charge on any atom is 0.240 e. The van der Waals surface area contributed by atoms with Gasteiger partial charge in [0.2, 0.25) is 5.91 Å². The van der Waals surface area contributed by atoms with Crippen LogP contribution in [-0.4, -0.2) is 24.5 Å². The first kappa shape index (κ1) is 11.9. The molecule has 4 N–H and O–H groups in total. The number of carbonyl (C=O) groups is 1. The summed E-state index contributed by atoms with van der Waals surface area (Å²) in [7, 11) is 0. The van der Waals surface area contributed by atoms with Crippen molar-refractivity contribution in [3.63, 3.8) is 0 Å². The van der Waals surface area contributed by atoms with Crippen molar-refractivity contribution in [1.29, 1.82) is 0 Å². The number of benzene rings is 1. The molecule has 0 fully saturated rings. The molecular formula is C13H19N3O. The van der Waals surface area contributed by atoms with Gasteiger partial charge in [-0.05, 0) is 24.5 Å². The number of carbonyl (C=O) groups excluding carboxylic acids is 1. The van der Waals surface area contributed by atoms with E-state index in [4.69, 9.17) is 11.5 Å². The van der Waals surface area contributed by atoms with Crippen molar-refractivity contribution in [3.8, 4) is 0 Å². The second-order valence-electron chi connectivity index (χ2n) is 4.57. The molecule has 1 aromatic rings. The van der Waals surface area contributed by atoms with Gasteiger partial charge in [-0.15, -0.1) is 0 Å². The molecule has 4 nitrogen and oxygen atoms in total. The summed E-state index contributed by atoms with van der Waals surface area (Å²) in [6.07, 6.45) is 1.57. The normalized spacial score (nSPS) is 20.8. The third-order valence-corrected chi connectivity index (χ3v) is 3.31. The molecule has 0 spiro atoms. The summed E-state index contributed by atoms with van der Waals surface area (Å²) in [5.41, 5.74) is 13.8. The van der Waals surface area contributed by atoms with Crippen molar-refractivity contribution in [2.45, 2.75) is 31.8 Å². The van der Waals surface area contributed by atoms with Crippen LogP contribution < -0.4 is 16.4 Å². The first-order chi connectivity index (χ1) is 8.13. The number of rotatable bonds is 3. The molecule has 92 valence electrons. The standard InChI is InChI=1S/C13H19N3O/c1-2-11(13(15)17)16-8-10(14)7-9-5-3-4-6-12(9)16/h3-6,10-11H,2,7-8,14H2,1H3,(H2,15,17). The van der Waals surface area contributed by atoms with Gasteiger partial charge in [-0.2, -0.15) is 0 Å². The Bertz CT molecular complexity index is 419. The Balaban J connectivity index is 2.38. The Morgan fingerprint density at radius 1 is 1.53 bits per heavy atom. The van der Waals surface area contributed by atoms with Gasteiger partial charge in [0, 0.05) is 18.3 Å². The van der Waals surface area contributed by atoms with E-state index in [9.17, 15) is 4.79 Å². The lowest BCUT2D eigenvalue weighted by Crippen LogP contribution is -2.52. The molecule has 17 heavy (non-hydrogen) atoms. The van der Waals surface area contributed by atoms with Crippen molar-refractivity contribution in [2.75, 3.05) is 11.4 Å². The highest BCUT2D eigenvalue weighted by molar-refractivity contribution is 5.84. The van der Waals surface area contributed by atoms with Gasteiger partial charge in [-0.1, -0.05) is 25.1 Å². The minimum atomic E-state index is -0.281. The number of nitrogens with zero attached hydrogens (tertiary/aromatic N) is 1. The van der Waals surface area contributed by atoms with Crippen LogP contribution >= 0.6 is 0 Å². The van der Waals surface area contributed by atoms with Gasteiger partial charge >= 0.3 is 0 Å². The maximum absolute atomic E-state index is 11.5. The quantitative estimate of drug-likeness (QED) is 0.804. The van der Waals surface area contributed by atoms with E-state index < -0.39 is 0 Å². The van der Waals surface area contributed by atoms with Crippen LogP contribution in [-0.2, 0) is 11.2 Å². The number of hydrogen-bond acceptors (Lipinski definition) is 3. The average Bonchev–Trinajstić information content (AvgIpc) is 2.29. The van der Waals surface area contributed by atoms with Crippen molar-refractivity contribution in [1.82, 2.24) is 0 Å². The van der Waals surface area contributed by atoms with Gasteiger partial charge in [-0.3, -0.25) is 4.79 Å². The van der Waals surface area contributed by atoms with E-state index in [0.29, 0.717) is 13.0 Å². The lowest BCUT2D eigenvalue weighted by atomic mass is 9.96. The van der Waals surface area contributed by atoms with Gasteiger partial charge in [0.25, 0.3) is 0 Å². The van der Waals surface area contributed by atoms with Crippen molar-refractivity contribution in [2.24, 2.45) is 11.5 Å². The number of fused-ring (bicyclic) bond motifs is 1. The van der Waals surface area contributed by atoms with E-state index >= 15 is 0 Å². The van der Waals surface area contributed by atoms with Crippen molar-refractivity contribution in [3.05, 3.63) is 29.8 Å². The summed E-state index contributed by atoms with van der Waals surface area (Å²) in [5, 5.41) is 0. The van der Waals surface area contributed by atoms with E-state index in [-0.39, 0.29) is 18.0 Å². The second kappa shape index (κ2) is 4.75. The maximum atomic E-state index is 11.5. The zero-order valence-corrected chi connectivity index (χ0v) is 10.1. The molecule has 2 rings (SSSR count). The van der Waals surface area contributed by atoms with E-state index in [1.165, 1.54) is 5.56 Å². The van der Waals surface area contributed by atoms with Crippen molar-refractivity contribution < 1.29 is 4.79 Å². The Morgan fingerprint density at radius 3 is 2.88 bits per heavy atom. The number of primary amides is 1. The third-order valence-electron chi connectivity index (χ3n) is 3.31. The van der Waals surface area contributed by atoms with Gasteiger partial charge in [-0.25, -0.2) is 0 Å². The molecule has 1 aliphatic heterocycles.